The average molecular weight is 337 g/mol. The lowest BCUT2D eigenvalue weighted by molar-refractivity contribution is -0.116. The minimum Gasteiger partial charge on any atom is -0.399 e. The number of anilines is 2. The topological polar surface area (TPSA) is 55.1 Å². The number of hydrogen-bond acceptors (Lipinski definition) is 2. The van der Waals surface area contributed by atoms with Crippen LogP contribution in [0.3, 0.4) is 0 Å². The first-order valence-electron chi connectivity index (χ1n) is 6.15. The van der Waals surface area contributed by atoms with Crippen molar-refractivity contribution < 1.29 is 9.18 Å². The number of nitrogens with two attached hydrogens (primary N) is 1. The van der Waals surface area contributed by atoms with Crippen molar-refractivity contribution in [3.63, 3.8) is 0 Å². The van der Waals surface area contributed by atoms with Crippen LogP contribution < -0.4 is 11.1 Å². The molecule has 0 saturated heterocycles. The Labute approximate surface area is 125 Å². The Morgan fingerprint density at radius 1 is 1.20 bits per heavy atom. The summed E-state index contributed by atoms with van der Waals surface area (Å²) in [5.41, 5.74) is 7.55. The number of carbonyl (C=O) groups excluding carboxylic acids is 1. The van der Waals surface area contributed by atoms with Gasteiger partial charge in [0.15, 0.2) is 0 Å². The number of aryl methyl sites for hydroxylation is 1. The molecule has 0 unspecified atom stereocenters. The van der Waals surface area contributed by atoms with Crippen molar-refractivity contribution in [3.8, 4) is 0 Å². The van der Waals surface area contributed by atoms with Gasteiger partial charge in [-0.1, -0.05) is 24.3 Å². The van der Waals surface area contributed by atoms with Crippen LogP contribution in [0.4, 0.5) is 15.8 Å². The van der Waals surface area contributed by atoms with Gasteiger partial charge in [-0.15, -0.1) is 0 Å². The molecule has 0 bridgehead atoms. The van der Waals surface area contributed by atoms with E-state index in [4.69, 9.17) is 5.73 Å². The zero-order valence-corrected chi connectivity index (χ0v) is 12.3. The minimum atomic E-state index is -0.466. The van der Waals surface area contributed by atoms with Crippen LogP contribution >= 0.6 is 15.9 Å². The molecule has 3 nitrogen and oxygen atoms in total. The van der Waals surface area contributed by atoms with Gasteiger partial charge in [0.1, 0.15) is 5.82 Å². The van der Waals surface area contributed by atoms with E-state index in [1.54, 1.807) is 18.2 Å². The molecule has 0 saturated carbocycles. The molecule has 0 aromatic heterocycles. The summed E-state index contributed by atoms with van der Waals surface area (Å²) < 4.78 is 14.1. The van der Waals surface area contributed by atoms with E-state index in [0.717, 1.165) is 5.56 Å². The van der Waals surface area contributed by atoms with Gasteiger partial charge in [0.25, 0.3) is 0 Å². The third-order valence-corrected chi connectivity index (χ3v) is 3.56. The zero-order valence-electron chi connectivity index (χ0n) is 10.7. The summed E-state index contributed by atoms with van der Waals surface area (Å²) in [5.74, 6) is -0.717. The zero-order chi connectivity index (χ0) is 14.5. The number of nitrogens with one attached hydrogen (secondary N) is 1. The second kappa shape index (κ2) is 6.52. The van der Waals surface area contributed by atoms with Crippen LogP contribution in [0.1, 0.15) is 12.0 Å². The summed E-state index contributed by atoms with van der Waals surface area (Å²) in [6, 6.07) is 11.9. The second-order valence-electron chi connectivity index (χ2n) is 4.34. The number of rotatable bonds is 4. The summed E-state index contributed by atoms with van der Waals surface area (Å²) in [4.78, 5) is 11.9. The summed E-state index contributed by atoms with van der Waals surface area (Å²) in [6.07, 6.45) is 0.763. The molecule has 3 N–H and O–H groups in total. The summed E-state index contributed by atoms with van der Waals surface area (Å²) in [7, 11) is 0. The Bertz CT molecular complexity index is 611. The third-order valence-electron chi connectivity index (χ3n) is 2.90. The Balaban J connectivity index is 1.98. The molecule has 0 fully saturated rings. The quantitative estimate of drug-likeness (QED) is 0.835. The van der Waals surface area contributed by atoms with E-state index >= 15 is 0 Å². The van der Waals surface area contributed by atoms with Gasteiger partial charge < -0.3 is 11.1 Å². The summed E-state index contributed by atoms with van der Waals surface area (Å²) in [6.45, 7) is 0. The van der Waals surface area contributed by atoms with Crippen molar-refractivity contribution in [2.24, 2.45) is 0 Å². The summed E-state index contributed by atoms with van der Waals surface area (Å²) >= 11 is 3.21. The lowest BCUT2D eigenvalue weighted by Gasteiger charge is -2.09. The van der Waals surface area contributed by atoms with Gasteiger partial charge in [-0.25, -0.2) is 4.39 Å². The number of halogens is 2. The molecule has 0 aliphatic rings. The van der Waals surface area contributed by atoms with Gasteiger partial charge in [0.05, 0.1) is 5.69 Å². The first-order valence-corrected chi connectivity index (χ1v) is 6.94. The Morgan fingerprint density at radius 2 is 1.95 bits per heavy atom. The van der Waals surface area contributed by atoms with Crippen molar-refractivity contribution in [2.75, 3.05) is 11.1 Å². The van der Waals surface area contributed by atoms with E-state index in [1.807, 2.05) is 18.2 Å². The summed E-state index contributed by atoms with van der Waals surface area (Å²) in [5, 5.41) is 2.57. The monoisotopic (exact) mass is 336 g/mol. The van der Waals surface area contributed by atoms with Gasteiger partial charge in [-0.3, -0.25) is 4.79 Å². The molecule has 1 amide bonds. The molecule has 0 heterocycles. The molecule has 0 atom stereocenters. The number of amides is 1. The molecular weight excluding hydrogens is 323 g/mol. The van der Waals surface area contributed by atoms with Gasteiger partial charge in [0.2, 0.25) is 5.91 Å². The lowest BCUT2D eigenvalue weighted by Crippen LogP contribution is -2.14. The third kappa shape index (κ3) is 3.57. The minimum absolute atomic E-state index is 0.165. The predicted octanol–water partition coefficient (Wildman–Crippen LogP) is 3.74. The highest BCUT2D eigenvalue weighted by Crippen LogP contribution is 2.25. The highest BCUT2D eigenvalue weighted by Gasteiger charge is 2.10. The molecular formula is C15H14BrFN2O. The molecule has 0 aliphatic carbocycles. The van der Waals surface area contributed by atoms with Crippen LogP contribution in [0.2, 0.25) is 0 Å². The number of nitrogen functional groups attached to an aromatic ring is 1. The van der Waals surface area contributed by atoms with Crippen LogP contribution in [0.25, 0.3) is 0 Å². The fourth-order valence-corrected chi connectivity index (χ4v) is 2.27. The van der Waals surface area contributed by atoms with E-state index < -0.39 is 5.82 Å². The number of para-hydroxylation sites is 2. The highest BCUT2D eigenvalue weighted by molar-refractivity contribution is 9.10. The van der Waals surface area contributed by atoms with Crippen LogP contribution in [-0.2, 0) is 11.2 Å². The largest absolute Gasteiger partial charge is 0.399 e. The van der Waals surface area contributed by atoms with Gasteiger partial charge in [0, 0.05) is 16.6 Å². The number of benzene rings is 2. The Hall–Kier alpha value is -1.88. The van der Waals surface area contributed by atoms with E-state index in [2.05, 4.69) is 21.2 Å². The molecule has 2 aromatic carbocycles. The standard InChI is InChI=1S/C15H14BrFN2O/c16-11-5-3-6-12(17)15(11)19-14(20)9-8-10-4-1-2-7-13(10)18/h1-7H,8-9,18H2,(H,19,20). The van der Waals surface area contributed by atoms with Gasteiger partial charge >= 0.3 is 0 Å². The van der Waals surface area contributed by atoms with Crippen molar-refractivity contribution in [1.29, 1.82) is 0 Å². The predicted molar refractivity (Wildman–Crippen MR) is 81.9 cm³/mol. The fourth-order valence-electron chi connectivity index (χ4n) is 1.83. The maximum absolute atomic E-state index is 13.6. The van der Waals surface area contributed by atoms with Gasteiger partial charge in [-0.2, -0.15) is 0 Å². The van der Waals surface area contributed by atoms with Crippen molar-refractivity contribution in [2.45, 2.75) is 12.8 Å². The fraction of sp³-hybridized carbons (Fsp3) is 0.133. The molecule has 5 heteroatoms. The normalized spacial score (nSPS) is 10.3. The van der Waals surface area contributed by atoms with Crippen LogP contribution in [0.5, 0.6) is 0 Å². The van der Waals surface area contributed by atoms with Gasteiger partial charge in [-0.05, 0) is 46.1 Å². The first kappa shape index (κ1) is 14.5. The second-order valence-corrected chi connectivity index (χ2v) is 5.20. The van der Waals surface area contributed by atoms with Crippen LogP contribution in [0.15, 0.2) is 46.9 Å². The highest BCUT2D eigenvalue weighted by atomic mass is 79.9. The smallest absolute Gasteiger partial charge is 0.224 e. The molecule has 2 rings (SSSR count). The van der Waals surface area contributed by atoms with Crippen LogP contribution in [0, 0.1) is 5.82 Å². The SMILES string of the molecule is Nc1ccccc1CCC(=O)Nc1c(F)cccc1Br. The Kier molecular flexibility index (Phi) is 4.74. The maximum Gasteiger partial charge on any atom is 0.224 e. The average Bonchev–Trinajstić information content (AvgIpc) is 2.42. The molecule has 20 heavy (non-hydrogen) atoms. The molecule has 2 aromatic rings. The molecule has 0 radical (unpaired) electrons. The van der Waals surface area contributed by atoms with Crippen molar-refractivity contribution in [3.05, 3.63) is 58.3 Å². The van der Waals surface area contributed by atoms with Crippen molar-refractivity contribution >= 4 is 33.2 Å². The van der Waals surface area contributed by atoms with Crippen LogP contribution in [-0.4, -0.2) is 5.91 Å². The van der Waals surface area contributed by atoms with E-state index in [-0.39, 0.29) is 18.0 Å². The molecule has 0 spiro atoms. The molecule has 0 aliphatic heterocycles. The lowest BCUT2D eigenvalue weighted by atomic mass is 10.1. The van der Waals surface area contributed by atoms with E-state index in [9.17, 15) is 9.18 Å². The number of hydrogen-bond donors (Lipinski definition) is 2. The maximum atomic E-state index is 13.6. The first-order chi connectivity index (χ1) is 9.58. The van der Waals surface area contributed by atoms with E-state index in [1.165, 1.54) is 6.07 Å². The van der Waals surface area contributed by atoms with Crippen molar-refractivity contribution in [1.82, 2.24) is 0 Å². The van der Waals surface area contributed by atoms with E-state index in [0.29, 0.717) is 16.6 Å². The molecule has 104 valence electrons. The Morgan fingerprint density at radius 3 is 2.65 bits per heavy atom. The number of carbonyl (C=O) groups is 1.